The summed E-state index contributed by atoms with van der Waals surface area (Å²) in [6.45, 7) is 1.83. The predicted molar refractivity (Wildman–Crippen MR) is 70.3 cm³/mol. The van der Waals surface area contributed by atoms with Crippen LogP contribution < -0.4 is 0 Å². The molecule has 0 unspecified atom stereocenters. The quantitative estimate of drug-likeness (QED) is 0.490. The maximum atomic E-state index is 11.4. The van der Waals surface area contributed by atoms with Crippen molar-refractivity contribution >= 4 is 23.0 Å². The number of non-ortho nitro benzene ring substituents is 1. The van der Waals surface area contributed by atoms with Gasteiger partial charge in [-0.05, 0) is 12.5 Å². The molecule has 0 fully saturated rings. The Balaban J connectivity index is 2.46. The molecule has 19 heavy (non-hydrogen) atoms. The molecule has 2 rings (SSSR count). The van der Waals surface area contributed by atoms with Crippen LogP contribution in [-0.4, -0.2) is 23.0 Å². The Labute approximate surface area is 112 Å². The lowest BCUT2D eigenvalue weighted by molar-refractivity contribution is -0.384. The average Bonchev–Trinajstić information content (AvgIpc) is 2.87. The smallest absolute Gasteiger partial charge is 0.349 e. The maximum Gasteiger partial charge on any atom is 0.349 e. The third-order valence-electron chi connectivity index (χ3n) is 2.55. The van der Waals surface area contributed by atoms with Gasteiger partial charge in [0.2, 0.25) is 0 Å². The number of methoxy groups -OCH3 is 1. The molecule has 0 aliphatic carbocycles. The number of nitrogens with zero attached hydrogens (tertiary/aromatic N) is 2. The van der Waals surface area contributed by atoms with E-state index in [0.717, 1.165) is 16.9 Å². The van der Waals surface area contributed by atoms with Crippen molar-refractivity contribution in [3.63, 3.8) is 0 Å². The molecule has 1 heterocycles. The fourth-order valence-corrected chi connectivity index (χ4v) is 2.46. The number of carbonyl (C=O) groups is 1. The van der Waals surface area contributed by atoms with E-state index in [0.29, 0.717) is 15.4 Å². The highest BCUT2D eigenvalue weighted by molar-refractivity contribution is 7.16. The van der Waals surface area contributed by atoms with E-state index in [4.69, 9.17) is 0 Å². The minimum atomic E-state index is -0.466. The Morgan fingerprint density at radius 3 is 2.84 bits per heavy atom. The van der Waals surface area contributed by atoms with Crippen molar-refractivity contribution in [2.75, 3.05) is 7.11 Å². The van der Waals surface area contributed by atoms with Gasteiger partial charge < -0.3 is 4.74 Å². The number of benzene rings is 1. The van der Waals surface area contributed by atoms with E-state index < -0.39 is 10.9 Å². The second kappa shape index (κ2) is 5.15. The van der Waals surface area contributed by atoms with Crippen LogP contribution in [0.3, 0.4) is 0 Å². The van der Waals surface area contributed by atoms with E-state index in [1.54, 1.807) is 6.07 Å². The normalized spacial score (nSPS) is 10.2. The van der Waals surface area contributed by atoms with Gasteiger partial charge in [0.15, 0.2) is 0 Å². The lowest BCUT2D eigenvalue weighted by atomic mass is 10.1. The minimum absolute atomic E-state index is 0.00424. The van der Waals surface area contributed by atoms with Crippen molar-refractivity contribution in [3.05, 3.63) is 45.0 Å². The average molecular weight is 278 g/mol. The van der Waals surface area contributed by atoms with Gasteiger partial charge in [-0.2, -0.15) is 0 Å². The maximum absolute atomic E-state index is 11.4. The fraction of sp³-hybridized carbons (Fsp3) is 0.167. The fourth-order valence-electron chi connectivity index (χ4n) is 1.55. The van der Waals surface area contributed by atoms with Crippen molar-refractivity contribution in [3.8, 4) is 10.6 Å². The standard InChI is InChI=1S/C12H10N2O4S/c1-7-3-4-8(14(16)17)5-9(7)11-13-6-10(19-11)12(15)18-2/h3-6H,1-2H3. The van der Waals surface area contributed by atoms with Crippen LogP contribution in [0.15, 0.2) is 24.4 Å². The number of rotatable bonds is 3. The number of aromatic nitrogens is 1. The van der Waals surface area contributed by atoms with Crippen molar-refractivity contribution in [2.24, 2.45) is 0 Å². The third kappa shape index (κ3) is 2.60. The van der Waals surface area contributed by atoms with Gasteiger partial charge in [-0.15, -0.1) is 11.3 Å². The Morgan fingerprint density at radius 2 is 2.21 bits per heavy atom. The van der Waals surface area contributed by atoms with Crippen molar-refractivity contribution in [1.82, 2.24) is 4.98 Å². The molecule has 0 aliphatic heterocycles. The number of carbonyl (C=O) groups excluding carboxylic acids is 1. The van der Waals surface area contributed by atoms with Crippen LogP contribution in [0.5, 0.6) is 0 Å². The third-order valence-corrected chi connectivity index (χ3v) is 3.57. The summed E-state index contributed by atoms with van der Waals surface area (Å²) in [4.78, 5) is 26.1. The zero-order valence-corrected chi connectivity index (χ0v) is 11.1. The summed E-state index contributed by atoms with van der Waals surface area (Å²) in [6.07, 6.45) is 1.41. The molecular formula is C12H10N2O4S. The summed E-state index contributed by atoms with van der Waals surface area (Å²) < 4.78 is 4.60. The highest BCUT2D eigenvalue weighted by Gasteiger charge is 2.15. The van der Waals surface area contributed by atoms with Gasteiger partial charge in [0, 0.05) is 17.7 Å². The molecular weight excluding hydrogens is 268 g/mol. The Bertz CT molecular complexity index is 651. The molecule has 98 valence electrons. The summed E-state index contributed by atoms with van der Waals surface area (Å²) in [5.74, 6) is -0.466. The summed E-state index contributed by atoms with van der Waals surface area (Å²) in [7, 11) is 1.29. The van der Waals surface area contributed by atoms with E-state index in [9.17, 15) is 14.9 Å². The van der Waals surface area contributed by atoms with E-state index in [1.807, 2.05) is 6.92 Å². The molecule has 1 aromatic carbocycles. The monoisotopic (exact) mass is 278 g/mol. The topological polar surface area (TPSA) is 82.3 Å². The highest BCUT2D eigenvalue weighted by atomic mass is 32.1. The molecule has 7 heteroatoms. The molecule has 0 saturated carbocycles. The van der Waals surface area contributed by atoms with Gasteiger partial charge in [-0.3, -0.25) is 10.1 Å². The second-order valence-corrected chi connectivity index (χ2v) is 4.81. The van der Waals surface area contributed by atoms with Gasteiger partial charge in [0.1, 0.15) is 9.88 Å². The summed E-state index contributed by atoms with van der Waals surface area (Å²) in [5.41, 5.74) is 1.50. The first kappa shape index (κ1) is 13.2. The largest absolute Gasteiger partial charge is 0.465 e. The van der Waals surface area contributed by atoms with Crippen LogP contribution in [0.2, 0.25) is 0 Å². The number of thiazole rings is 1. The number of ether oxygens (including phenoxy) is 1. The molecule has 1 aromatic heterocycles. The van der Waals surface area contributed by atoms with Crippen LogP contribution in [0.25, 0.3) is 10.6 Å². The van der Waals surface area contributed by atoms with Crippen molar-refractivity contribution < 1.29 is 14.5 Å². The van der Waals surface area contributed by atoms with E-state index >= 15 is 0 Å². The van der Waals surface area contributed by atoms with Gasteiger partial charge in [-0.25, -0.2) is 9.78 Å². The number of esters is 1. The summed E-state index contributed by atoms with van der Waals surface area (Å²) in [5, 5.41) is 11.3. The van der Waals surface area contributed by atoms with Gasteiger partial charge in [0.25, 0.3) is 5.69 Å². The number of nitro groups is 1. The van der Waals surface area contributed by atoms with Crippen LogP contribution in [0.1, 0.15) is 15.2 Å². The summed E-state index contributed by atoms with van der Waals surface area (Å²) >= 11 is 1.14. The Kier molecular flexibility index (Phi) is 3.57. The highest BCUT2D eigenvalue weighted by Crippen LogP contribution is 2.31. The molecule has 0 saturated heterocycles. The first-order chi connectivity index (χ1) is 9.02. The number of hydrogen-bond acceptors (Lipinski definition) is 6. The zero-order valence-electron chi connectivity index (χ0n) is 10.2. The molecule has 0 radical (unpaired) electrons. The Morgan fingerprint density at radius 1 is 1.47 bits per heavy atom. The van der Waals surface area contributed by atoms with Crippen molar-refractivity contribution in [1.29, 1.82) is 0 Å². The van der Waals surface area contributed by atoms with Gasteiger partial charge >= 0.3 is 5.97 Å². The first-order valence-electron chi connectivity index (χ1n) is 5.32. The van der Waals surface area contributed by atoms with Gasteiger partial charge in [-0.1, -0.05) is 6.07 Å². The molecule has 0 atom stereocenters. The minimum Gasteiger partial charge on any atom is -0.465 e. The molecule has 2 aromatic rings. The number of nitro benzene ring substituents is 1. The van der Waals surface area contributed by atoms with E-state index in [-0.39, 0.29) is 5.69 Å². The zero-order chi connectivity index (χ0) is 14.0. The number of aryl methyl sites for hydroxylation is 1. The predicted octanol–water partition coefficient (Wildman–Crippen LogP) is 2.81. The molecule has 0 N–H and O–H groups in total. The molecule has 0 aliphatic rings. The lowest BCUT2D eigenvalue weighted by Gasteiger charge is -2.01. The molecule has 0 bridgehead atoms. The molecule has 0 amide bonds. The van der Waals surface area contributed by atoms with Crippen LogP contribution in [0.4, 0.5) is 5.69 Å². The Hall–Kier alpha value is -2.28. The molecule has 0 spiro atoms. The first-order valence-corrected chi connectivity index (χ1v) is 6.14. The SMILES string of the molecule is COC(=O)c1cnc(-c2cc([N+](=O)[O-])ccc2C)s1. The molecule has 6 nitrogen and oxygen atoms in total. The summed E-state index contributed by atoms with van der Waals surface area (Å²) in [6, 6.07) is 4.55. The lowest BCUT2D eigenvalue weighted by Crippen LogP contribution is -1.96. The van der Waals surface area contributed by atoms with Crippen LogP contribution >= 0.6 is 11.3 Å². The van der Waals surface area contributed by atoms with Crippen molar-refractivity contribution in [2.45, 2.75) is 6.92 Å². The van der Waals surface area contributed by atoms with Crippen LogP contribution in [0, 0.1) is 17.0 Å². The van der Waals surface area contributed by atoms with E-state index in [1.165, 1.54) is 25.4 Å². The second-order valence-electron chi connectivity index (χ2n) is 3.78. The number of hydrogen-bond donors (Lipinski definition) is 0. The van der Waals surface area contributed by atoms with Gasteiger partial charge in [0.05, 0.1) is 18.2 Å². The van der Waals surface area contributed by atoms with Crippen LogP contribution in [-0.2, 0) is 4.74 Å². The van der Waals surface area contributed by atoms with E-state index in [2.05, 4.69) is 9.72 Å².